The number of hydrogen-bond acceptors (Lipinski definition) is 5. The zero-order valence-corrected chi connectivity index (χ0v) is 17.3. The van der Waals surface area contributed by atoms with Crippen LogP contribution in [0.5, 0.6) is 17.2 Å². The molecule has 0 spiro atoms. The SMILES string of the molecule is N=C(N)NCCCOc1cccc(-c2cc3nccc(Oc4cc[c]cc4F)c3s2)c1. The van der Waals surface area contributed by atoms with E-state index in [1.807, 2.05) is 30.3 Å². The molecule has 0 bridgehead atoms. The van der Waals surface area contributed by atoms with Crippen molar-refractivity contribution in [1.82, 2.24) is 10.3 Å². The fourth-order valence-corrected chi connectivity index (χ4v) is 4.02. The second-order valence-electron chi connectivity index (χ2n) is 6.66. The van der Waals surface area contributed by atoms with Crippen molar-refractivity contribution in [3.05, 3.63) is 72.7 Å². The molecule has 31 heavy (non-hydrogen) atoms. The normalized spacial score (nSPS) is 10.7. The maximum Gasteiger partial charge on any atom is 0.185 e. The van der Waals surface area contributed by atoms with E-state index in [9.17, 15) is 4.39 Å². The minimum absolute atomic E-state index is 0.0444. The molecule has 0 unspecified atom stereocenters. The van der Waals surface area contributed by atoms with Crippen molar-refractivity contribution in [1.29, 1.82) is 5.41 Å². The first-order chi connectivity index (χ1) is 15.1. The van der Waals surface area contributed by atoms with Gasteiger partial charge >= 0.3 is 0 Å². The van der Waals surface area contributed by atoms with Gasteiger partial charge in [-0.05, 0) is 48.4 Å². The number of benzene rings is 2. The summed E-state index contributed by atoms with van der Waals surface area (Å²) in [6, 6.07) is 18.6. The molecule has 0 aliphatic rings. The Kier molecular flexibility index (Phi) is 6.28. The molecule has 2 heterocycles. The van der Waals surface area contributed by atoms with Crippen molar-refractivity contribution in [2.75, 3.05) is 13.2 Å². The van der Waals surface area contributed by atoms with Gasteiger partial charge in [-0.3, -0.25) is 10.4 Å². The molecule has 0 fully saturated rings. The number of fused-ring (bicyclic) bond motifs is 1. The molecule has 4 N–H and O–H groups in total. The molecule has 0 saturated carbocycles. The maximum atomic E-state index is 14.0. The second kappa shape index (κ2) is 9.44. The van der Waals surface area contributed by atoms with Crippen molar-refractivity contribution in [3.8, 4) is 27.7 Å². The highest BCUT2D eigenvalue weighted by Crippen LogP contribution is 2.40. The Morgan fingerprint density at radius 2 is 2.13 bits per heavy atom. The van der Waals surface area contributed by atoms with Crippen molar-refractivity contribution in [2.24, 2.45) is 5.73 Å². The summed E-state index contributed by atoms with van der Waals surface area (Å²) in [6.45, 7) is 1.09. The monoisotopic (exact) mass is 435 g/mol. The topological polar surface area (TPSA) is 93.3 Å². The number of thiophene rings is 1. The van der Waals surface area contributed by atoms with Crippen molar-refractivity contribution < 1.29 is 13.9 Å². The van der Waals surface area contributed by atoms with E-state index in [1.54, 1.807) is 24.4 Å². The van der Waals surface area contributed by atoms with Crippen LogP contribution in [0.1, 0.15) is 6.42 Å². The highest BCUT2D eigenvalue weighted by molar-refractivity contribution is 7.22. The molecule has 0 aliphatic heterocycles. The standard InChI is InChI=1S/C23H20FN4O2S/c24-17-7-1-2-8-19(17)30-20-9-11-27-18-14-21(31-22(18)20)15-5-3-6-16(13-15)29-12-4-10-28-23(25)26/h2-3,5-9,11,13-14H,4,10,12H2,(H4,25,26,28). The molecular weight excluding hydrogens is 415 g/mol. The van der Waals surface area contributed by atoms with E-state index < -0.39 is 5.82 Å². The number of nitrogens with two attached hydrogens (primary N) is 1. The summed E-state index contributed by atoms with van der Waals surface area (Å²) in [5.41, 5.74) is 7.04. The molecule has 4 aromatic rings. The lowest BCUT2D eigenvalue weighted by atomic mass is 10.2. The van der Waals surface area contributed by atoms with Gasteiger partial charge in [0.15, 0.2) is 17.5 Å². The van der Waals surface area contributed by atoms with Gasteiger partial charge in [-0.25, -0.2) is 4.39 Å². The van der Waals surface area contributed by atoms with Crippen molar-refractivity contribution in [2.45, 2.75) is 6.42 Å². The summed E-state index contributed by atoms with van der Waals surface area (Å²) < 4.78 is 26.4. The van der Waals surface area contributed by atoms with Gasteiger partial charge in [-0.2, -0.15) is 0 Å². The summed E-state index contributed by atoms with van der Waals surface area (Å²) in [6.07, 6.45) is 2.38. The Bertz CT molecular complexity index is 1210. The minimum Gasteiger partial charge on any atom is -0.494 e. The molecule has 2 aromatic carbocycles. The number of aromatic nitrogens is 1. The zero-order valence-electron chi connectivity index (χ0n) is 16.5. The summed E-state index contributed by atoms with van der Waals surface area (Å²) in [5, 5.41) is 9.89. The van der Waals surface area contributed by atoms with Crippen LogP contribution in [0.3, 0.4) is 0 Å². The summed E-state index contributed by atoms with van der Waals surface area (Å²) in [5.74, 6) is 0.946. The van der Waals surface area contributed by atoms with Gasteiger partial charge in [-0.1, -0.05) is 18.2 Å². The Labute approximate surface area is 183 Å². The summed E-state index contributed by atoms with van der Waals surface area (Å²) >= 11 is 1.53. The van der Waals surface area contributed by atoms with E-state index in [4.69, 9.17) is 20.6 Å². The van der Waals surface area contributed by atoms with Crippen LogP contribution < -0.4 is 20.5 Å². The van der Waals surface area contributed by atoms with Crippen LogP contribution in [0.15, 0.2) is 60.8 Å². The number of pyridine rings is 1. The van der Waals surface area contributed by atoms with Crippen molar-refractivity contribution >= 4 is 27.5 Å². The number of nitrogens with zero attached hydrogens (tertiary/aromatic N) is 1. The van der Waals surface area contributed by atoms with E-state index in [0.717, 1.165) is 32.8 Å². The van der Waals surface area contributed by atoms with Gasteiger partial charge in [0.05, 0.1) is 16.8 Å². The Morgan fingerprint density at radius 3 is 2.97 bits per heavy atom. The molecule has 0 atom stereocenters. The Hall–Kier alpha value is -3.65. The van der Waals surface area contributed by atoms with E-state index in [2.05, 4.69) is 16.4 Å². The number of hydrogen-bond donors (Lipinski definition) is 3. The largest absolute Gasteiger partial charge is 0.494 e. The van der Waals surface area contributed by atoms with Crippen LogP contribution in [0.2, 0.25) is 0 Å². The molecule has 157 valence electrons. The third-order valence-corrected chi connectivity index (χ3v) is 5.58. The van der Waals surface area contributed by atoms with Gasteiger partial charge in [0, 0.05) is 23.7 Å². The van der Waals surface area contributed by atoms with E-state index >= 15 is 0 Å². The fourth-order valence-electron chi connectivity index (χ4n) is 2.96. The van der Waals surface area contributed by atoms with Crippen molar-refractivity contribution in [3.63, 3.8) is 0 Å². The van der Waals surface area contributed by atoms with Crippen LogP contribution in [-0.2, 0) is 0 Å². The zero-order chi connectivity index (χ0) is 21.6. The third-order valence-electron chi connectivity index (χ3n) is 4.40. The lowest BCUT2D eigenvalue weighted by Gasteiger charge is -2.08. The van der Waals surface area contributed by atoms with Crippen LogP contribution in [0, 0.1) is 17.3 Å². The van der Waals surface area contributed by atoms with Gasteiger partial charge in [0.2, 0.25) is 0 Å². The molecule has 1 radical (unpaired) electrons. The van der Waals surface area contributed by atoms with Crippen LogP contribution >= 0.6 is 11.3 Å². The van der Waals surface area contributed by atoms with Gasteiger partial charge in [0.25, 0.3) is 0 Å². The molecule has 0 aliphatic carbocycles. The van der Waals surface area contributed by atoms with E-state index in [1.165, 1.54) is 17.4 Å². The first-order valence-corrected chi connectivity index (χ1v) is 10.4. The van der Waals surface area contributed by atoms with Crippen LogP contribution in [-0.4, -0.2) is 24.1 Å². The lowest BCUT2D eigenvalue weighted by Crippen LogP contribution is -2.31. The average molecular weight is 436 g/mol. The van der Waals surface area contributed by atoms with Gasteiger partial charge in [0.1, 0.15) is 11.5 Å². The molecular formula is C23H20FN4O2S. The third kappa shape index (κ3) is 5.10. The first-order valence-electron chi connectivity index (χ1n) is 9.63. The van der Waals surface area contributed by atoms with E-state index in [-0.39, 0.29) is 11.7 Å². The molecule has 4 rings (SSSR count). The molecule has 0 saturated heterocycles. The lowest BCUT2D eigenvalue weighted by molar-refractivity contribution is 0.311. The van der Waals surface area contributed by atoms with Crippen LogP contribution in [0.4, 0.5) is 4.39 Å². The quantitative estimate of drug-likeness (QED) is 0.207. The molecule has 0 amide bonds. The summed E-state index contributed by atoms with van der Waals surface area (Å²) in [4.78, 5) is 5.43. The predicted molar refractivity (Wildman–Crippen MR) is 120 cm³/mol. The Morgan fingerprint density at radius 1 is 1.23 bits per heavy atom. The number of halogens is 1. The summed E-state index contributed by atoms with van der Waals surface area (Å²) in [7, 11) is 0. The number of nitrogens with one attached hydrogen (secondary N) is 2. The highest BCUT2D eigenvalue weighted by atomic mass is 32.1. The van der Waals surface area contributed by atoms with Gasteiger partial charge in [-0.15, -0.1) is 11.3 Å². The maximum absolute atomic E-state index is 14.0. The number of rotatable bonds is 8. The minimum atomic E-state index is -0.465. The molecule has 2 aromatic heterocycles. The van der Waals surface area contributed by atoms with E-state index in [0.29, 0.717) is 18.9 Å². The second-order valence-corrected chi connectivity index (χ2v) is 7.72. The highest BCUT2D eigenvalue weighted by Gasteiger charge is 2.13. The first kappa shape index (κ1) is 20.6. The fraction of sp³-hybridized carbons (Fsp3) is 0.130. The predicted octanol–water partition coefficient (Wildman–Crippen LogP) is 4.95. The number of guanidine groups is 1. The number of ether oxygens (including phenoxy) is 2. The van der Waals surface area contributed by atoms with Gasteiger partial charge < -0.3 is 20.5 Å². The smallest absolute Gasteiger partial charge is 0.185 e. The Balaban J connectivity index is 1.52. The molecule has 6 nitrogen and oxygen atoms in total. The van der Waals surface area contributed by atoms with Crippen LogP contribution in [0.25, 0.3) is 20.7 Å². The molecule has 8 heteroatoms. The average Bonchev–Trinajstić information content (AvgIpc) is 3.21.